The number of carbonyl (C=O) groups excluding carboxylic acids is 1. The molecule has 0 bridgehead atoms. The third-order valence-electron chi connectivity index (χ3n) is 4.01. The van der Waals surface area contributed by atoms with Crippen molar-refractivity contribution in [2.75, 3.05) is 32.8 Å². The minimum absolute atomic E-state index is 0.148. The maximum absolute atomic E-state index is 12.2. The predicted molar refractivity (Wildman–Crippen MR) is 66.9 cm³/mol. The van der Waals surface area contributed by atoms with E-state index in [1.807, 2.05) is 4.90 Å². The molecule has 2 aliphatic heterocycles. The van der Waals surface area contributed by atoms with E-state index in [9.17, 15) is 4.79 Å². The van der Waals surface area contributed by atoms with Gasteiger partial charge >= 0.3 is 0 Å². The first-order chi connectivity index (χ1) is 8.26. The molecule has 0 spiro atoms. The van der Waals surface area contributed by atoms with Gasteiger partial charge in [0.15, 0.2) is 0 Å². The Bertz CT molecular complexity index is 260. The van der Waals surface area contributed by atoms with Crippen molar-refractivity contribution in [3.05, 3.63) is 0 Å². The summed E-state index contributed by atoms with van der Waals surface area (Å²) in [6.07, 6.45) is 2.90. The molecule has 2 rings (SSSR count). The summed E-state index contributed by atoms with van der Waals surface area (Å²) in [6, 6.07) is 0.551. The number of likely N-dealkylation sites (N-methyl/N-ethyl adjacent to an activating group) is 1. The molecule has 98 valence electrons. The van der Waals surface area contributed by atoms with Gasteiger partial charge in [-0.3, -0.25) is 9.69 Å². The first-order valence-corrected chi connectivity index (χ1v) is 6.90. The molecule has 2 aliphatic rings. The summed E-state index contributed by atoms with van der Waals surface area (Å²) in [6.45, 7) is 9.07. The largest absolute Gasteiger partial charge is 0.368 e. The fraction of sp³-hybridized carbons (Fsp3) is 0.923. The van der Waals surface area contributed by atoms with Crippen LogP contribution in [0.3, 0.4) is 0 Å². The zero-order valence-corrected chi connectivity index (χ0v) is 11.0. The van der Waals surface area contributed by atoms with E-state index in [4.69, 9.17) is 4.74 Å². The van der Waals surface area contributed by atoms with E-state index in [0.717, 1.165) is 52.0 Å². The van der Waals surface area contributed by atoms with Gasteiger partial charge in [-0.1, -0.05) is 13.8 Å². The van der Waals surface area contributed by atoms with Gasteiger partial charge in [-0.2, -0.15) is 0 Å². The van der Waals surface area contributed by atoms with E-state index in [1.54, 1.807) is 0 Å². The highest BCUT2D eigenvalue weighted by molar-refractivity contribution is 5.81. The van der Waals surface area contributed by atoms with Gasteiger partial charge in [-0.25, -0.2) is 0 Å². The van der Waals surface area contributed by atoms with E-state index < -0.39 is 0 Å². The van der Waals surface area contributed by atoms with Gasteiger partial charge in [-0.05, 0) is 32.4 Å². The number of ether oxygens (including phenoxy) is 1. The van der Waals surface area contributed by atoms with Crippen molar-refractivity contribution in [2.24, 2.45) is 0 Å². The van der Waals surface area contributed by atoms with E-state index in [0.29, 0.717) is 6.04 Å². The quantitative estimate of drug-likeness (QED) is 0.738. The normalized spacial score (nSPS) is 29.2. The standard InChI is InChI=1S/C13H24N2O2/c1-3-14(4-2)11-7-8-15(10-11)13(16)12-6-5-9-17-12/h11-12H,3-10H2,1-2H3. The lowest BCUT2D eigenvalue weighted by atomic mass is 10.2. The molecule has 2 fully saturated rings. The third kappa shape index (κ3) is 2.80. The molecule has 17 heavy (non-hydrogen) atoms. The second-order valence-electron chi connectivity index (χ2n) is 4.95. The lowest BCUT2D eigenvalue weighted by Crippen LogP contribution is -2.41. The molecule has 0 aliphatic carbocycles. The van der Waals surface area contributed by atoms with Gasteiger partial charge in [0.1, 0.15) is 6.10 Å². The lowest BCUT2D eigenvalue weighted by Gasteiger charge is -2.26. The summed E-state index contributed by atoms with van der Waals surface area (Å²) in [7, 11) is 0. The molecule has 2 saturated heterocycles. The van der Waals surface area contributed by atoms with Crippen molar-refractivity contribution < 1.29 is 9.53 Å². The number of nitrogens with zero attached hydrogens (tertiary/aromatic N) is 2. The Morgan fingerprint density at radius 1 is 1.35 bits per heavy atom. The van der Waals surface area contributed by atoms with Crippen LogP contribution in [0.15, 0.2) is 0 Å². The zero-order valence-electron chi connectivity index (χ0n) is 11.0. The number of carbonyl (C=O) groups is 1. The van der Waals surface area contributed by atoms with Crippen LogP contribution in [0.5, 0.6) is 0 Å². The minimum atomic E-state index is -0.148. The highest BCUT2D eigenvalue weighted by Crippen LogP contribution is 2.20. The Hall–Kier alpha value is -0.610. The van der Waals surface area contributed by atoms with Crippen LogP contribution in [0.1, 0.15) is 33.1 Å². The highest BCUT2D eigenvalue weighted by atomic mass is 16.5. The van der Waals surface area contributed by atoms with Crippen LogP contribution in [0, 0.1) is 0 Å². The number of hydrogen-bond acceptors (Lipinski definition) is 3. The summed E-state index contributed by atoms with van der Waals surface area (Å²) in [5.41, 5.74) is 0. The Labute approximate surface area is 104 Å². The lowest BCUT2D eigenvalue weighted by molar-refractivity contribution is -0.140. The fourth-order valence-corrected chi connectivity index (χ4v) is 2.96. The molecule has 2 unspecified atom stereocenters. The third-order valence-corrected chi connectivity index (χ3v) is 4.01. The van der Waals surface area contributed by atoms with Crippen molar-refractivity contribution >= 4 is 5.91 Å². The average Bonchev–Trinajstić information content (AvgIpc) is 3.01. The van der Waals surface area contributed by atoms with Gasteiger partial charge in [0.25, 0.3) is 5.91 Å². The maximum Gasteiger partial charge on any atom is 0.251 e. The zero-order chi connectivity index (χ0) is 12.3. The Morgan fingerprint density at radius 3 is 2.71 bits per heavy atom. The first kappa shape index (κ1) is 12.8. The minimum Gasteiger partial charge on any atom is -0.368 e. The van der Waals surface area contributed by atoms with Crippen molar-refractivity contribution in [1.82, 2.24) is 9.80 Å². The molecule has 4 nitrogen and oxygen atoms in total. The summed E-state index contributed by atoms with van der Waals surface area (Å²) in [4.78, 5) is 16.6. The number of likely N-dealkylation sites (tertiary alicyclic amines) is 1. The van der Waals surface area contributed by atoms with Crippen LogP contribution in [0.25, 0.3) is 0 Å². The van der Waals surface area contributed by atoms with Crippen LogP contribution < -0.4 is 0 Å². The molecule has 0 N–H and O–H groups in total. The molecule has 2 atom stereocenters. The molecule has 0 radical (unpaired) electrons. The highest BCUT2D eigenvalue weighted by Gasteiger charge is 2.34. The average molecular weight is 240 g/mol. The molecule has 0 saturated carbocycles. The van der Waals surface area contributed by atoms with Crippen LogP contribution in [0.4, 0.5) is 0 Å². The summed E-state index contributed by atoms with van der Waals surface area (Å²) in [5, 5.41) is 0. The van der Waals surface area contributed by atoms with Gasteiger partial charge < -0.3 is 9.64 Å². The monoisotopic (exact) mass is 240 g/mol. The maximum atomic E-state index is 12.2. The van der Waals surface area contributed by atoms with Crippen LogP contribution in [-0.4, -0.2) is 60.6 Å². The van der Waals surface area contributed by atoms with Crippen LogP contribution in [0.2, 0.25) is 0 Å². The second kappa shape index (κ2) is 5.83. The van der Waals surface area contributed by atoms with Crippen molar-refractivity contribution in [3.63, 3.8) is 0 Å². The molecule has 4 heteroatoms. The fourth-order valence-electron chi connectivity index (χ4n) is 2.96. The van der Waals surface area contributed by atoms with E-state index in [-0.39, 0.29) is 12.0 Å². The summed E-state index contributed by atoms with van der Waals surface area (Å²) >= 11 is 0. The van der Waals surface area contributed by atoms with Gasteiger partial charge in [-0.15, -0.1) is 0 Å². The SMILES string of the molecule is CCN(CC)C1CCN(C(=O)C2CCCO2)C1. The van der Waals surface area contributed by atoms with E-state index in [2.05, 4.69) is 18.7 Å². The molecule has 0 aromatic heterocycles. The Kier molecular flexibility index (Phi) is 4.40. The van der Waals surface area contributed by atoms with Crippen LogP contribution >= 0.6 is 0 Å². The molecular formula is C13H24N2O2. The number of hydrogen-bond donors (Lipinski definition) is 0. The van der Waals surface area contributed by atoms with Gasteiger partial charge in [0.05, 0.1) is 0 Å². The molecule has 2 heterocycles. The first-order valence-electron chi connectivity index (χ1n) is 6.90. The van der Waals surface area contributed by atoms with Crippen LogP contribution in [-0.2, 0) is 9.53 Å². The molecular weight excluding hydrogens is 216 g/mol. The van der Waals surface area contributed by atoms with Crippen molar-refractivity contribution in [2.45, 2.75) is 45.3 Å². The summed E-state index contributed by atoms with van der Waals surface area (Å²) < 4.78 is 5.47. The number of amides is 1. The topological polar surface area (TPSA) is 32.8 Å². The second-order valence-corrected chi connectivity index (χ2v) is 4.95. The van der Waals surface area contributed by atoms with Gasteiger partial charge in [0, 0.05) is 25.7 Å². The van der Waals surface area contributed by atoms with E-state index in [1.165, 1.54) is 0 Å². The van der Waals surface area contributed by atoms with Crippen molar-refractivity contribution in [1.29, 1.82) is 0 Å². The predicted octanol–water partition coefficient (Wildman–Crippen LogP) is 1.11. The molecule has 0 aromatic rings. The summed E-state index contributed by atoms with van der Waals surface area (Å²) in [5.74, 6) is 0.220. The number of rotatable bonds is 4. The van der Waals surface area contributed by atoms with E-state index >= 15 is 0 Å². The molecule has 1 amide bonds. The van der Waals surface area contributed by atoms with Gasteiger partial charge in [0.2, 0.25) is 0 Å². The Balaban J connectivity index is 1.86. The molecule has 0 aromatic carbocycles. The smallest absolute Gasteiger partial charge is 0.251 e. The Morgan fingerprint density at radius 2 is 2.12 bits per heavy atom. The van der Waals surface area contributed by atoms with Crippen molar-refractivity contribution in [3.8, 4) is 0 Å².